The Bertz CT molecular complexity index is 1190. The van der Waals surface area contributed by atoms with E-state index in [2.05, 4.69) is 44.0 Å². The summed E-state index contributed by atoms with van der Waals surface area (Å²) in [5, 5.41) is 7.80. The second kappa shape index (κ2) is 8.97. The number of rotatable bonds is 4. The largest absolute Gasteiger partial charge is 0.330 e. The highest BCUT2D eigenvalue weighted by Crippen LogP contribution is 2.40. The molecule has 5 rings (SSSR count). The number of Topliss-reactive ketones (excluding diaryl/α,β-unsaturated/α-hetero) is 1. The van der Waals surface area contributed by atoms with Gasteiger partial charge in [0, 0.05) is 41.0 Å². The van der Waals surface area contributed by atoms with Gasteiger partial charge in [-0.3, -0.25) is 14.7 Å². The summed E-state index contributed by atoms with van der Waals surface area (Å²) in [7, 11) is 0. The van der Waals surface area contributed by atoms with Crippen molar-refractivity contribution in [2.75, 3.05) is 0 Å². The molecule has 1 aromatic heterocycles. The zero-order valence-electron chi connectivity index (χ0n) is 20.3. The van der Waals surface area contributed by atoms with Crippen LogP contribution in [-0.2, 0) is 25.9 Å². The van der Waals surface area contributed by atoms with Crippen LogP contribution in [0.5, 0.6) is 0 Å². The summed E-state index contributed by atoms with van der Waals surface area (Å²) in [5.74, 6) is 0.104. The molecule has 0 atom stereocenters. The van der Waals surface area contributed by atoms with Gasteiger partial charge in [0.2, 0.25) is 0 Å². The molecule has 172 valence electrons. The van der Waals surface area contributed by atoms with E-state index < -0.39 is 0 Å². The Hall–Kier alpha value is -3.21. The molecule has 0 spiro atoms. The van der Waals surface area contributed by atoms with E-state index in [0.29, 0.717) is 18.7 Å². The third-order valence-electron chi connectivity index (χ3n) is 6.25. The fourth-order valence-corrected chi connectivity index (χ4v) is 4.72. The van der Waals surface area contributed by atoms with Crippen LogP contribution in [0.25, 0.3) is 11.3 Å². The number of nitrogens with one attached hydrogen (secondary N) is 1. The zero-order valence-corrected chi connectivity index (χ0v) is 20.3. The van der Waals surface area contributed by atoms with E-state index in [9.17, 15) is 9.59 Å². The number of H-pyrrole nitrogens is 1. The van der Waals surface area contributed by atoms with Crippen molar-refractivity contribution in [2.45, 2.75) is 67.0 Å². The van der Waals surface area contributed by atoms with Gasteiger partial charge in [-0.15, -0.1) is 0 Å². The maximum absolute atomic E-state index is 12.9. The van der Waals surface area contributed by atoms with Gasteiger partial charge in [0.15, 0.2) is 5.78 Å². The Balaban J connectivity index is 0.000000821. The second-order valence-corrected chi connectivity index (χ2v) is 10.0. The monoisotopic (exact) mass is 443 g/mol. The number of hydrogen-bond donors (Lipinski definition) is 1. The first kappa shape index (κ1) is 23.0. The molecule has 1 N–H and O–H groups in total. The molecule has 0 radical (unpaired) electrons. The smallest absolute Gasteiger partial charge is 0.254 e. The normalized spacial score (nSPS) is 15.7. The Labute approximate surface area is 196 Å². The Morgan fingerprint density at radius 1 is 1.09 bits per heavy atom. The van der Waals surface area contributed by atoms with Gasteiger partial charge in [-0.1, -0.05) is 64.4 Å². The summed E-state index contributed by atoms with van der Waals surface area (Å²) >= 11 is 0. The summed E-state index contributed by atoms with van der Waals surface area (Å²) in [6, 6.07) is 13.6. The molecule has 5 heteroatoms. The minimum atomic E-state index is 0.0481. The Morgan fingerprint density at radius 3 is 2.45 bits per heavy atom. The molecule has 2 aliphatic rings. The van der Waals surface area contributed by atoms with E-state index in [-0.39, 0.29) is 17.1 Å². The van der Waals surface area contributed by atoms with E-state index in [1.807, 2.05) is 41.3 Å². The number of hydrogen-bond acceptors (Lipinski definition) is 3. The first-order valence-electron chi connectivity index (χ1n) is 11.8. The quantitative estimate of drug-likeness (QED) is 0.505. The molecule has 5 nitrogen and oxygen atoms in total. The lowest BCUT2D eigenvalue weighted by Crippen LogP contribution is -2.23. The molecule has 0 saturated heterocycles. The molecule has 0 saturated carbocycles. The van der Waals surface area contributed by atoms with E-state index >= 15 is 0 Å². The molecular formula is C28H33N3O2. The van der Waals surface area contributed by atoms with Crippen LogP contribution in [0.1, 0.15) is 84.1 Å². The number of aromatic amines is 1. The predicted octanol–water partition coefficient (Wildman–Crippen LogP) is 5.98. The van der Waals surface area contributed by atoms with Crippen LogP contribution in [0, 0.1) is 5.41 Å². The number of carbonyl (C=O) groups excluding carboxylic acids is 2. The lowest BCUT2D eigenvalue weighted by atomic mass is 9.90. The van der Waals surface area contributed by atoms with Gasteiger partial charge in [0.05, 0.1) is 5.69 Å². The van der Waals surface area contributed by atoms with Gasteiger partial charge in [0.25, 0.3) is 5.91 Å². The highest BCUT2D eigenvalue weighted by atomic mass is 16.2. The highest BCUT2D eigenvalue weighted by molar-refractivity contribution is 5.99. The third kappa shape index (κ3) is 4.63. The van der Waals surface area contributed by atoms with Crippen LogP contribution in [0.3, 0.4) is 0 Å². The second-order valence-electron chi connectivity index (χ2n) is 10.0. The van der Waals surface area contributed by atoms with Crippen LogP contribution in [0.2, 0.25) is 0 Å². The summed E-state index contributed by atoms with van der Waals surface area (Å²) in [6.45, 7) is 11.5. The predicted molar refractivity (Wildman–Crippen MR) is 131 cm³/mol. The van der Waals surface area contributed by atoms with Crippen molar-refractivity contribution in [1.29, 1.82) is 0 Å². The molecule has 1 amide bonds. The number of carbonyl (C=O) groups is 2. The van der Waals surface area contributed by atoms with Gasteiger partial charge in [0.1, 0.15) is 0 Å². The number of amides is 1. The molecule has 3 aromatic rings. The van der Waals surface area contributed by atoms with Crippen LogP contribution >= 0.6 is 0 Å². The van der Waals surface area contributed by atoms with E-state index in [4.69, 9.17) is 0 Å². The van der Waals surface area contributed by atoms with Crippen LogP contribution < -0.4 is 0 Å². The average Bonchev–Trinajstić information content (AvgIpc) is 3.38. The van der Waals surface area contributed by atoms with Crippen molar-refractivity contribution in [1.82, 2.24) is 15.1 Å². The lowest BCUT2D eigenvalue weighted by molar-refractivity contribution is 0.0766. The summed E-state index contributed by atoms with van der Waals surface area (Å²) in [4.78, 5) is 26.2. The third-order valence-corrected chi connectivity index (χ3v) is 6.25. The van der Waals surface area contributed by atoms with Gasteiger partial charge in [-0.05, 0) is 48.4 Å². The van der Waals surface area contributed by atoms with Crippen molar-refractivity contribution in [2.24, 2.45) is 5.41 Å². The fraction of sp³-hybridized carbons (Fsp3) is 0.393. The maximum Gasteiger partial charge on any atom is 0.254 e. The summed E-state index contributed by atoms with van der Waals surface area (Å²) in [5.41, 5.74) is 8.43. The van der Waals surface area contributed by atoms with E-state index in [0.717, 1.165) is 40.8 Å². The van der Waals surface area contributed by atoms with Crippen LogP contribution in [0.15, 0.2) is 42.5 Å². The van der Waals surface area contributed by atoms with Crippen molar-refractivity contribution in [3.8, 4) is 11.3 Å². The molecule has 0 fully saturated rings. The molecule has 2 aromatic carbocycles. The van der Waals surface area contributed by atoms with Gasteiger partial charge < -0.3 is 4.90 Å². The Kier molecular flexibility index (Phi) is 6.24. The van der Waals surface area contributed by atoms with E-state index in [1.165, 1.54) is 17.7 Å². The first-order valence-corrected chi connectivity index (χ1v) is 11.8. The first-order chi connectivity index (χ1) is 15.7. The van der Waals surface area contributed by atoms with Crippen molar-refractivity contribution in [3.63, 3.8) is 0 Å². The van der Waals surface area contributed by atoms with Gasteiger partial charge in [-0.2, -0.15) is 5.10 Å². The number of nitrogens with zero attached hydrogens (tertiary/aromatic N) is 2. The zero-order chi connectivity index (χ0) is 23.8. The molecule has 2 heterocycles. The number of ketones is 1. The number of fused-ring (bicyclic) bond motifs is 2. The SMILES string of the molecule is CC(=O)c1ccc(CN2Cc3cc(-c4n[nH]c5c4CC(C)(C)C5)ccc3C2=O)cc1.CCC. The minimum Gasteiger partial charge on any atom is -0.330 e. The summed E-state index contributed by atoms with van der Waals surface area (Å²) in [6.07, 6.45) is 3.29. The number of aromatic nitrogens is 2. The standard InChI is InChI=1S/C25H25N3O2.C3H8/c1-15(29)17-6-4-16(5-7-17)13-28-14-19-10-18(8-9-20(19)24(28)30)23-21-11-25(2,3)12-22(21)26-27-23;1-3-2/h4-10H,11-14H2,1-3H3,(H,26,27);3H2,1-2H3. The minimum absolute atomic E-state index is 0.0481. The fourth-order valence-electron chi connectivity index (χ4n) is 4.72. The Morgan fingerprint density at radius 2 is 1.79 bits per heavy atom. The molecule has 0 unspecified atom stereocenters. The molecular weight excluding hydrogens is 410 g/mol. The van der Waals surface area contributed by atoms with Gasteiger partial charge >= 0.3 is 0 Å². The van der Waals surface area contributed by atoms with Crippen LogP contribution in [0.4, 0.5) is 0 Å². The molecule has 0 bridgehead atoms. The van der Waals surface area contributed by atoms with Crippen LogP contribution in [-0.4, -0.2) is 26.8 Å². The average molecular weight is 444 g/mol. The van der Waals surface area contributed by atoms with Crippen molar-refractivity contribution >= 4 is 11.7 Å². The number of benzene rings is 2. The van der Waals surface area contributed by atoms with E-state index in [1.54, 1.807) is 6.92 Å². The van der Waals surface area contributed by atoms with Crippen molar-refractivity contribution in [3.05, 3.63) is 76.0 Å². The molecule has 1 aliphatic heterocycles. The molecule has 33 heavy (non-hydrogen) atoms. The maximum atomic E-state index is 12.9. The summed E-state index contributed by atoms with van der Waals surface area (Å²) < 4.78 is 0. The lowest BCUT2D eigenvalue weighted by Gasteiger charge is -2.16. The van der Waals surface area contributed by atoms with Gasteiger partial charge in [-0.25, -0.2) is 0 Å². The highest BCUT2D eigenvalue weighted by Gasteiger charge is 2.33. The topological polar surface area (TPSA) is 66.1 Å². The van der Waals surface area contributed by atoms with Crippen molar-refractivity contribution < 1.29 is 9.59 Å². The molecule has 1 aliphatic carbocycles.